The van der Waals surface area contributed by atoms with E-state index in [0.717, 1.165) is 28.0 Å². The molecule has 0 amide bonds. The van der Waals surface area contributed by atoms with Gasteiger partial charge in [-0.25, -0.2) is 14.4 Å². The summed E-state index contributed by atoms with van der Waals surface area (Å²) in [4.78, 5) is 13.6. The maximum absolute atomic E-state index is 13.4. The van der Waals surface area contributed by atoms with Gasteiger partial charge in [0.05, 0.1) is 11.2 Å². The number of hydrogen-bond donors (Lipinski definition) is 1. The van der Waals surface area contributed by atoms with Crippen LogP contribution in [0.25, 0.3) is 22.2 Å². The fraction of sp³-hybridized carbons (Fsp3) is 0.240. The van der Waals surface area contributed by atoms with Crippen molar-refractivity contribution >= 4 is 22.4 Å². The van der Waals surface area contributed by atoms with E-state index in [1.54, 1.807) is 18.3 Å². The summed E-state index contributed by atoms with van der Waals surface area (Å²) >= 11 is 0. The second-order valence-electron chi connectivity index (χ2n) is 8.45. The quantitative estimate of drug-likeness (QED) is 0.424. The molecule has 4 rings (SSSR count). The summed E-state index contributed by atoms with van der Waals surface area (Å²) in [5, 5.41) is 4.33. The van der Waals surface area contributed by atoms with Crippen molar-refractivity contribution in [3.05, 3.63) is 77.7 Å². The summed E-state index contributed by atoms with van der Waals surface area (Å²) in [6, 6.07) is 17.8. The van der Waals surface area contributed by atoms with Crippen LogP contribution in [-0.2, 0) is 12.1 Å². The number of nitrogens with one attached hydrogen (secondary N) is 1. The fourth-order valence-electron chi connectivity index (χ4n) is 3.48. The molecular weight excluding hydrogens is 375 g/mol. The van der Waals surface area contributed by atoms with Crippen LogP contribution < -0.4 is 5.32 Å². The molecule has 0 aliphatic rings. The summed E-state index contributed by atoms with van der Waals surface area (Å²) in [5.41, 5.74) is 5.21. The second-order valence-corrected chi connectivity index (χ2v) is 8.45. The lowest BCUT2D eigenvalue weighted by molar-refractivity contribution is 0.485. The van der Waals surface area contributed by atoms with Gasteiger partial charge >= 0.3 is 0 Å². The molecule has 0 bridgehead atoms. The number of aryl methyl sites for hydroxylation is 1. The first-order valence-corrected chi connectivity index (χ1v) is 10.0. The predicted octanol–water partition coefficient (Wildman–Crippen LogP) is 6.51. The molecule has 1 N–H and O–H groups in total. The van der Waals surface area contributed by atoms with Crippen molar-refractivity contribution in [3.63, 3.8) is 0 Å². The fourth-order valence-corrected chi connectivity index (χ4v) is 3.48. The molecule has 152 valence electrons. The van der Waals surface area contributed by atoms with E-state index in [4.69, 9.17) is 0 Å². The Labute approximate surface area is 176 Å². The molecule has 4 aromatic rings. The lowest BCUT2D eigenvalue weighted by Crippen LogP contribution is -2.10. The number of nitrogens with zero attached hydrogens (tertiary/aromatic N) is 3. The molecule has 0 aliphatic carbocycles. The molecular formula is C25H25FN4. The minimum atomic E-state index is -0.554. The van der Waals surface area contributed by atoms with Crippen LogP contribution in [0.1, 0.15) is 37.7 Å². The third-order valence-electron chi connectivity index (χ3n) is 5.13. The Hall–Kier alpha value is -3.34. The van der Waals surface area contributed by atoms with Crippen molar-refractivity contribution < 1.29 is 4.39 Å². The molecule has 2 heterocycles. The molecule has 0 fully saturated rings. The molecule has 0 radical (unpaired) electrons. The summed E-state index contributed by atoms with van der Waals surface area (Å²) < 4.78 is 13.4. The van der Waals surface area contributed by atoms with Crippen LogP contribution >= 0.6 is 0 Å². The van der Waals surface area contributed by atoms with E-state index < -0.39 is 6.67 Å². The van der Waals surface area contributed by atoms with Crippen molar-refractivity contribution in [1.29, 1.82) is 0 Å². The second kappa shape index (κ2) is 7.82. The zero-order chi connectivity index (χ0) is 21.3. The maximum atomic E-state index is 13.4. The van der Waals surface area contributed by atoms with Crippen molar-refractivity contribution in [1.82, 2.24) is 15.0 Å². The number of alkyl halides is 1. The number of fused-ring (bicyclic) bond motifs is 1. The highest BCUT2D eigenvalue weighted by molar-refractivity contribution is 5.93. The first-order chi connectivity index (χ1) is 14.3. The minimum Gasteiger partial charge on any atom is -0.340 e. The molecule has 2 aromatic carbocycles. The molecule has 0 spiro atoms. The van der Waals surface area contributed by atoms with Crippen LogP contribution in [0.5, 0.6) is 0 Å². The molecule has 0 saturated heterocycles. The summed E-state index contributed by atoms with van der Waals surface area (Å²) in [6.07, 6.45) is 1.68. The van der Waals surface area contributed by atoms with Crippen molar-refractivity contribution in [2.24, 2.45) is 0 Å². The van der Waals surface area contributed by atoms with E-state index in [9.17, 15) is 4.39 Å². The number of rotatable bonds is 4. The van der Waals surface area contributed by atoms with Gasteiger partial charge in [-0.3, -0.25) is 4.98 Å². The molecule has 0 aliphatic heterocycles. The van der Waals surface area contributed by atoms with Gasteiger partial charge in [-0.2, -0.15) is 0 Å². The van der Waals surface area contributed by atoms with Crippen molar-refractivity contribution in [3.8, 4) is 11.3 Å². The van der Waals surface area contributed by atoms with Gasteiger partial charge in [-0.05, 0) is 48.2 Å². The van der Waals surface area contributed by atoms with E-state index >= 15 is 0 Å². The molecule has 0 unspecified atom stereocenters. The van der Waals surface area contributed by atoms with Crippen molar-refractivity contribution in [2.45, 2.75) is 39.8 Å². The van der Waals surface area contributed by atoms with Crippen LogP contribution in [-0.4, -0.2) is 15.0 Å². The van der Waals surface area contributed by atoms with Crippen LogP contribution in [0, 0.1) is 6.92 Å². The van der Waals surface area contributed by atoms with Gasteiger partial charge in [0.1, 0.15) is 18.3 Å². The summed E-state index contributed by atoms with van der Waals surface area (Å²) in [6.45, 7) is 7.91. The zero-order valence-corrected chi connectivity index (χ0v) is 17.7. The zero-order valence-electron chi connectivity index (χ0n) is 17.7. The first-order valence-electron chi connectivity index (χ1n) is 10.0. The topological polar surface area (TPSA) is 50.7 Å². The standard InChI is InChI=1S/C25H25FN4/c1-16-28-22-14-17(23-18(15-26)6-5-13-27-23)7-12-21(22)24(29-16)30-20-10-8-19(9-11-20)25(2,3)4/h5-14H,15H2,1-4H3,(H,28,29,30). The van der Waals surface area contributed by atoms with Gasteiger partial charge < -0.3 is 5.32 Å². The van der Waals surface area contributed by atoms with Gasteiger partial charge in [0.2, 0.25) is 0 Å². The van der Waals surface area contributed by atoms with Gasteiger partial charge in [-0.1, -0.05) is 45.0 Å². The van der Waals surface area contributed by atoms with E-state index in [2.05, 4.69) is 65.3 Å². The monoisotopic (exact) mass is 400 g/mol. The van der Waals surface area contributed by atoms with Crippen LogP contribution in [0.4, 0.5) is 15.9 Å². The van der Waals surface area contributed by atoms with Crippen LogP contribution in [0.3, 0.4) is 0 Å². The van der Waals surface area contributed by atoms with Crippen LogP contribution in [0.2, 0.25) is 0 Å². The molecule has 5 heteroatoms. The van der Waals surface area contributed by atoms with E-state index in [-0.39, 0.29) is 5.41 Å². The Morgan fingerprint density at radius 1 is 0.967 bits per heavy atom. The van der Waals surface area contributed by atoms with Crippen LogP contribution in [0.15, 0.2) is 60.8 Å². The molecule has 0 atom stereocenters. The smallest absolute Gasteiger partial charge is 0.142 e. The van der Waals surface area contributed by atoms with E-state index in [0.29, 0.717) is 17.1 Å². The predicted molar refractivity (Wildman–Crippen MR) is 121 cm³/mol. The highest BCUT2D eigenvalue weighted by Gasteiger charge is 2.14. The normalized spacial score (nSPS) is 11.6. The lowest BCUT2D eigenvalue weighted by Gasteiger charge is -2.19. The maximum Gasteiger partial charge on any atom is 0.142 e. The minimum absolute atomic E-state index is 0.108. The Balaban J connectivity index is 1.73. The number of benzene rings is 2. The Kier molecular flexibility index (Phi) is 5.20. The Morgan fingerprint density at radius 3 is 2.43 bits per heavy atom. The SMILES string of the molecule is Cc1nc(Nc2ccc(C(C)(C)C)cc2)c2ccc(-c3ncccc3CF)cc2n1. The van der Waals surface area contributed by atoms with E-state index in [1.165, 1.54) is 5.56 Å². The number of aromatic nitrogens is 3. The third kappa shape index (κ3) is 4.01. The molecule has 2 aromatic heterocycles. The largest absolute Gasteiger partial charge is 0.340 e. The van der Waals surface area contributed by atoms with E-state index in [1.807, 2.05) is 25.1 Å². The number of pyridine rings is 1. The Bertz CT molecular complexity index is 1190. The van der Waals surface area contributed by atoms with Gasteiger partial charge in [0.25, 0.3) is 0 Å². The van der Waals surface area contributed by atoms with Gasteiger partial charge in [0, 0.05) is 28.4 Å². The average molecular weight is 401 g/mol. The molecule has 4 nitrogen and oxygen atoms in total. The summed E-state index contributed by atoms with van der Waals surface area (Å²) in [7, 11) is 0. The molecule has 30 heavy (non-hydrogen) atoms. The highest BCUT2D eigenvalue weighted by Crippen LogP contribution is 2.30. The molecule has 0 saturated carbocycles. The number of halogens is 1. The van der Waals surface area contributed by atoms with Gasteiger partial charge in [-0.15, -0.1) is 0 Å². The third-order valence-corrected chi connectivity index (χ3v) is 5.13. The first kappa shape index (κ1) is 20.0. The highest BCUT2D eigenvalue weighted by atomic mass is 19.1. The average Bonchev–Trinajstić information content (AvgIpc) is 2.73. The lowest BCUT2D eigenvalue weighted by atomic mass is 9.87. The Morgan fingerprint density at radius 2 is 1.73 bits per heavy atom. The number of hydrogen-bond acceptors (Lipinski definition) is 4. The summed E-state index contributed by atoms with van der Waals surface area (Å²) in [5.74, 6) is 1.42. The number of anilines is 2. The van der Waals surface area contributed by atoms with Crippen molar-refractivity contribution in [2.75, 3.05) is 5.32 Å². The van der Waals surface area contributed by atoms with Gasteiger partial charge in [0.15, 0.2) is 0 Å².